The van der Waals surface area contributed by atoms with Crippen molar-refractivity contribution >= 4 is 12.2 Å². The summed E-state index contributed by atoms with van der Waals surface area (Å²) in [7, 11) is 0. The fourth-order valence-corrected chi connectivity index (χ4v) is 9.35. The van der Waals surface area contributed by atoms with Crippen molar-refractivity contribution in [1.82, 2.24) is 10.3 Å². The van der Waals surface area contributed by atoms with Crippen LogP contribution in [0.4, 0.5) is 4.79 Å². The maximum absolute atomic E-state index is 12.2. The van der Waals surface area contributed by atoms with Crippen molar-refractivity contribution < 1.29 is 14.6 Å². The van der Waals surface area contributed by atoms with E-state index in [1.807, 2.05) is 6.21 Å². The van der Waals surface area contributed by atoms with Gasteiger partial charge < -0.3 is 20.5 Å². The Morgan fingerprint density at radius 3 is 2.69 bits per heavy atom. The van der Waals surface area contributed by atoms with Crippen LogP contribution in [0.3, 0.4) is 0 Å². The van der Waals surface area contributed by atoms with Gasteiger partial charge in [-0.2, -0.15) is 5.10 Å². The van der Waals surface area contributed by atoms with Gasteiger partial charge >= 0.3 is 6.03 Å². The molecule has 7 heteroatoms. The number of nitrogens with zero attached hydrogens (tertiary/aromatic N) is 2. The van der Waals surface area contributed by atoms with Crippen molar-refractivity contribution in [2.45, 2.75) is 103 Å². The molecule has 7 nitrogen and oxygen atoms in total. The summed E-state index contributed by atoms with van der Waals surface area (Å²) in [5, 5.41) is 16.3. The zero-order chi connectivity index (χ0) is 24.7. The van der Waals surface area contributed by atoms with Crippen LogP contribution in [-0.2, 0) is 4.74 Å². The number of fused-ring (bicyclic) bond motifs is 5. The summed E-state index contributed by atoms with van der Waals surface area (Å²) in [4.78, 5) is 13.6. The topological polar surface area (TPSA) is 100 Å². The van der Waals surface area contributed by atoms with Gasteiger partial charge in [-0.25, -0.2) is 10.2 Å². The number of urea groups is 1. The minimum Gasteiger partial charge on any atom is -0.389 e. The first-order valence-corrected chi connectivity index (χ1v) is 14.4. The molecular formula is C28H48N4O3. The molecule has 0 aromatic rings. The third-order valence-corrected chi connectivity index (χ3v) is 11.5. The Bertz CT molecular complexity index is 801. The summed E-state index contributed by atoms with van der Waals surface area (Å²) in [5.74, 6) is 1.85. The second-order valence-electron chi connectivity index (χ2n) is 12.9. The van der Waals surface area contributed by atoms with Gasteiger partial charge in [0.25, 0.3) is 0 Å². The van der Waals surface area contributed by atoms with Crippen LogP contribution in [0.5, 0.6) is 0 Å². The molecule has 0 aromatic carbocycles. The number of amides is 2. The lowest BCUT2D eigenvalue weighted by atomic mass is 9.43. The number of hydrogen-bond donors (Lipinski definition) is 3. The number of likely N-dealkylation sites (tertiary alicyclic amines) is 1. The van der Waals surface area contributed by atoms with Gasteiger partial charge in [-0.3, -0.25) is 0 Å². The number of aliphatic hydroxyl groups is 1. The Morgan fingerprint density at radius 1 is 1.11 bits per heavy atom. The van der Waals surface area contributed by atoms with E-state index in [0.29, 0.717) is 29.3 Å². The lowest BCUT2D eigenvalue weighted by Gasteiger charge is -2.63. The van der Waals surface area contributed by atoms with Crippen molar-refractivity contribution in [2.24, 2.45) is 45.3 Å². The average Bonchev–Trinajstić information content (AvgIpc) is 3.43. The van der Waals surface area contributed by atoms with E-state index in [9.17, 15) is 9.90 Å². The number of nitrogens with two attached hydrogens (primary N) is 1. The van der Waals surface area contributed by atoms with E-state index < -0.39 is 11.6 Å². The van der Waals surface area contributed by atoms with Gasteiger partial charge in [-0.05, 0) is 113 Å². The Morgan fingerprint density at radius 2 is 1.91 bits per heavy atom. The first-order valence-electron chi connectivity index (χ1n) is 14.4. The summed E-state index contributed by atoms with van der Waals surface area (Å²) < 4.78 is 6.42. The van der Waals surface area contributed by atoms with Gasteiger partial charge in [0, 0.05) is 30.7 Å². The van der Waals surface area contributed by atoms with E-state index in [1.165, 1.54) is 64.6 Å². The van der Waals surface area contributed by atoms with Crippen LogP contribution in [0, 0.1) is 34.5 Å². The Hall–Kier alpha value is -1.18. The van der Waals surface area contributed by atoms with Gasteiger partial charge in [0.1, 0.15) is 0 Å². The smallest absolute Gasteiger partial charge is 0.332 e. The molecule has 2 amide bonds. The van der Waals surface area contributed by atoms with Gasteiger partial charge in [0.05, 0.1) is 11.7 Å². The predicted octanol–water partition coefficient (Wildman–Crippen LogP) is 4.29. The molecule has 0 aromatic heterocycles. The van der Waals surface area contributed by atoms with Crippen molar-refractivity contribution in [3.8, 4) is 0 Å². The van der Waals surface area contributed by atoms with Crippen LogP contribution in [0.2, 0.25) is 0 Å². The molecule has 1 saturated heterocycles. The number of ether oxygens (including phenoxy) is 1. The van der Waals surface area contributed by atoms with Crippen molar-refractivity contribution in [2.75, 3.05) is 26.2 Å². The number of carbonyl (C=O) groups is 1. The van der Waals surface area contributed by atoms with E-state index in [4.69, 9.17) is 10.5 Å². The monoisotopic (exact) mass is 488 g/mol. The standard InChI is InChI=1S/C28H48N4O3/c1-26-11-9-22(35-17-5-16-32-14-3-4-15-32)18-20(26)6-7-24-23(26)10-12-27(2)21(8-13-28(24,27)34)19-30-31-25(29)33/h19-24,34H,3-18H2,1-2H3,(H3,29,31,33)/b30-19+/t20-,21-,22+,23+,24-,26+,27-,28+/m1/s1. The molecule has 0 radical (unpaired) electrons. The predicted molar refractivity (Wildman–Crippen MR) is 138 cm³/mol. The van der Waals surface area contributed by atoms with Gasteiger partial charge in [-0.15, -0.1) is 0 Å². The highest BCUT2D eigenvalue weighted by molar-refractivity contribution is 5.73. The lowest BCUT2D eigenvalue weighted by Crippen LogP contribution is -2.62. The quantitative estimate of drug-likeness (QED) is 0.283. The molecule has 4 N–H and O–H groups in total. The zero-order valence-electron chi connectivity index (χ0n) is 22.0. The molecule has 8 atom stereocenters. The van der Waals surface area contributed by atoms with E-state index >= 15 is 0 Å². The van der Waals surface area contributed by atoms with Crippen LogP contribution >= 0.6 is 0 Å². The normalized spacial score (nSPS) is 45.7. The zero-order valence-corrected chi connectivity index (χ0v) is 22.0. The molecule has 35 heavy (non-hydrogen) atoms. The third-order valence-electron chi connectivity index (χ3n) is 11.5. The molecular weight excluding hydrogens is 440 g/mol. The second-order valence-corrected chi connectivity index (χ2v) is 12.9. The van der Waals surface area contributed by atoms with Gasteiger partial charge in [-0.1, -0.05) is 13.8 Å². The van der Waals surface area contributed by atoms with Crippen LogP contribution in [0.25, 0.3) is 0 Å². The van der Waals surface area contributed by atoms with E-state index in [-0.39, 0.29) is 11.3 Å². The Kier molecular flexibility index (Phi) is 7.23. The maximum Gasteiger partial charge on any atom is 0.332 e. The highest BCUT2D eigenvalue weighted by atomic mass is 16.5. The second kappa shape index (κ2) is 9.94. The van der Waals surface area contributed by atoms with Crippen LogP contribution in [0.1, 0.15) is 90.9 Å². The van der Waals surface area contributed by atoms with Gasteiger partial charge in [0.15, 0.2) is 0 Å². The number of hydrogen-bond acceptors (Lipinski definition) is 5. The number of rotatable bonds is 7. The number of hydrazone groups is 1. The number of carbonyl (C=O) groups excluding carboxylic acids is 1. The lowest BCUT2D eigenvalue weighted by molar-refractivity contribution is -0.207. The Labute approximate surface area is 211 Å². The first kappa shape index (κ1) is 25.5. The summed E-state index contributed by atoms with van der Waals surface area (Å²) >= 11 is 0. The summed E-state index contributed by atoms with van der Waals surface area (Å²) in [6.45, 7) is 9.44. The molecule has 5 rings (SSSR count). The minimum absolute atomic E-state index is 0.176. The summed E-state index contributed by atoms with van der Waals surface area (Å²) in [6, 6.07) is -0.638. The van der Waals surface area contributed by atoms with Crippen LogP contribution in [0.15, 0.2) is 5.10 Å². The highest BCUT2D eigenvalue weighted by Gasteiger charge is 2.66. The average molecular weight is 489 g/mol. The fraction of sp³-hybridized carbons (Fsp3) is 0.929. The molecule has 0 unspecified atom stereocenters. The van der Waals surface area contributed by atoms with Crippen LogP contribution in [-0.4, -0.2) is 60.2 Å². The minimum atomic E-state index is -0.643. The molecule has 1 heterocycles. The molecule has 4 saturated carbocycles. The maximum atomic E-state index is 12.2. The highest BCUT2D eigenvalue weighted by Crippen LogP contribution is 2.68. The van der Waals surface area contributed by atoms with Gasteiger partial charge in [0.2, 0.25) is 0 Å². The van der Waals surface area contributed by atoms with E-state index in [2.05, 4.69) is 29.3 Å². The molecule has 1 aliphatic heterocycles. The molecule has 5 aliphatic rings. The number of nitrogens with one attached hydrogen (secondary N) is 1. The molecule has 0 bridgehead atoms. The van der Waals surface area contributed by atoms with Crippen molar-refractivity contribution in [3.05, 3.63) is 0 Å². The third kappa shape index (κ3) is 4.54. The molecule has 5 fully saturated rings. The molecule has 198 valence electrons. The summed E-state index contributed by atoms with van der Waals surface area (Å²) in [6.07, 6.45) is 16.1. The van der Waals surface area contributed by atoms with Crippen LogP contribution < -0.4 is 11.2 Å². The SMILES string of the molecule is C[C@]12CC[C@H](OCCCN3CCCC3)C[C@H]1CC[C@@H]1[C@@H]2CC[C@]2(C)[C@@H](/C=N/NC(N)=O)CC[C@]12O. The van der Waals surface area contributed by atoms with E-state index in [1.54, 1.807) is 0 Å². The summed E-state index contributed by atoms with van der Waals surface area (Å²) in [5.41, 5.74) is 7.01. The largest absolute Gasteiger partial charge is 0.389 e. The number of primary amides is 1. The Balaban J connectivity index is 1.19. The molecule has 4 aliphatic carbocycles. The fourth-order valence-electron chi connectivity index (χ4n) is 9.35. The van der Waals surface area contributed by atoms with Crippen molar-refractivity contribution in [3.63, 3.8) is 0 Å². The van der Waals surface area contributed by atoms with E-state index in [0.717, 1.165) is 38.7 Å². The molecule has 0 spiro atoms. The first-order chi connectivity index (χ1) is 16.8. The van der Waals surface area contributed by atoms with Crippen molar-refractivity contribution in [1.29, 1.82) is 0 Å².